The minimum atomic E-state index is -1.23. The second kappa shape index (κ2) is 7.85. The first-order chi connectivity index (χ1) is 9.95. The number of aliphatic carboxylic acids is 1. The van der Waals surface area contributed by atoms with Gasteiger partial charge in [-0.25, -0.2) is 9.59 Å². The van der Waals surface area contributed by atoms with Crippen LogP contribution in [0.4, 0.5) is 4.79 Å². The van der Waals surface area contributed by atoms with E-state index in [9.17, 15) is 19.5 Å². The van der Waals surface area contributed by atoms with Gasteiger partial charge in [0.15, 0.2) is 0 Å². The number of hydrogen-bond acceptors (Lipinski definition) is 4. The van der Waals surface area contributed by atoms with Crippen molar-refractivity contribution in [1.29, 1.82) is 0 Å². The van der Waals surface area contributed by atoms with E-state index in [1.165, 1.54) is 12.0 Å². The molecule has 1 aliphatic carbocycles. The van der Waals surface area contributed by atoms with Gasteiger partial charge in [-0.1, -0.05) is 25.7 Å². The number of ether oxygens (including phenoxy) is 1. The van der Waals surface area contributed by atoms with E-state index in [4.69, 9.17) is 0 Å². The maximum atomic E-state index is 12.3. The van der Waals surface area contributed by atoms with Crippen LogP contribution >= 0.6 is 0 Å². The van der Waals surface area contributed by atoms with E-state index in [1.54, 1.807) is 6.92 Å². The third kappa shape index (κ3) is 4.61. The lowest BCUT2D eigenvalue weighted by Gasteiger charge is -2.32. The molecule has 21 heavy (non-hydrogen) atoms. The molecule has 0 aromatic heterocycles. The van der Waals surface area contributed by atoms with Gasteiger partial charge in [-0.15, -0.1) is 0 Å². The zero-order chi connectivity index (χ0) is 15.9. The molecule has 1 fully saturated rings. The van der Waals surface area contributed by atoms with Crippen molar-refractivity contribution in [2.75, 3.05) is 20.2 Å². The molecule has 0 radical (unpaired) electrons. The van der Waals surface area contributed by atoms with Crippen LogP contribution in [0.2, 0.25) is 0 Å². The van der Waals surface area contributed by atoms with Crippen LogP contribution in [0.25, 0.3) is 0 Å². The van der Waals surface area contributed by atoms with Crippen molar-refractivity contribution in [3.8, 4) is 0 Å². The molecular formula is C14H24N2O5. The largest absolute Gasteiger partial charge is 0.480 e. The van der Waals surface area contributed by atoms with Crippen LogP contribution in [0.3, 0.4) is 0 Å². The Labute approximate surface area is 124 Å². The summed E-state index contributed by atoms with van der Waals surface area (Å²) in [5, 5.41) is 12.2. The molecule has 0 heterocycles. The van der Waals surface area contributed by atoms with Gasteiger partial charge in [0.2, 0.25) is 0 Å². The number of nitrogens with one attached hydrogen (secondary N) is 1. The molecule has 1 aliphatic rings. The molecule has 0 bridgehead atoms. The van der Waals surface area contributed by atoms with E-state index in [1.807, 2.05) is 0 Å². The summed E-state index contributed by atoms with van der Waals surface area (Å²) in [6.45, 7) is 1.84. The van der Waals surface area contributed by atoms with Crippen molar-refractivity contribution in [3.63, 3.8) is 0 Å². The van der Waals surface area contributed by atoms with Gasteiger partial charge in [-0.3, -0.25) is 4.79 Å². The van der Waals surface area contributed by atoms with E-state index >= 15 is 0 Å². The number of carboxylic acids is 1. The number of carbonyl (C=O) groups excluding carboxylic acids is 2. The van der Waals surface area contributed by atoms with Gasteiger partial charge < -0.3 is 20.1 Å². The Morgan fingerprint density at radius 1 is 1.19 bits per heavy atom. The van der Waals surface area contributed by atoms with Gasteiger partial charge in [0, 0.05) is 6.54 Å². The SMILES string of the molecule is CCN(CC(=O)OC)C(=O)NC1(C(=O)O)CCCCCC1. The fourth-order valence-electron chi connectivity index (χ4n) is 2.56. The Balaban J connectivity index is 2.79. The molecule has 2 N–H and O–H groups in total. The predicted molar refractivity (Wildman–Crippen MR) is 75.9 cm³/mol. The average molecular weight is 300 g/mol. The predicted octanol–water partition coefficient (Wildman–Crippen LogP) is 1.37. The summed E-state index contributed by atoms with van der Waals surface area (Å²) in [6.07, 6.45) is 4.34. The number of carbonyl (C=O) groups is 3. The van der Waals surface area contributed by atoms with Crippen LogP contribution in [0, 0.1) is 0 Å². The Bertz CT molecular complexity index is 389. The molecule has 1 saturated carbocycles. The highest BCUT2D eigenvalue weighted by Gasteiger charge is 2.41. The third-order valence-electron chi connectivity index (χ3n) is 3.93. The molecular weight excluding hydrogens is 276 g/mol. The minimum absolute atomic E-state index is 0.186. The number of nitrogens with zero attached hydrogens (tertiary/aromatic N) is 1. The topological polar surface area (TPSA) is 95.9 Å². The number of carboxylic acid groups (broad SMARTS) is 1. The van der Waals surface area contributed by atoms with Crippen LogP contribution in [0.15, 0.2) is 0 Å². The first-order valence-electron chi connectivity index (χ1n) is 7.32. The molecule has 0 atom stereocenters. The number of esters is 1. The summed E-state index contributed by atoms with van der Waals surface area (Å²) in [4.78, 5) is 36.4. The Kier molecular flexibility index (Phi) is 6.45. The molecule has 120 valence electrons. The van der Waals surface area contributed by atoms with E-state index in [-0.39, 0.29) is 6.54 Å². The lowest BCUT2D eigenvalue weighted by molar-refractivity contribution is -0.145. The van der Waals surface area contributed by atoms with E-state index < -0.39 is 23.5 Å². The summed E-state index contributed by atoms with van der Waals surface area (Å²) in [7, 11) is 1.25. The van der Waals surface area contributed by atoms with Gasteiger partial charge in [-0.2, -0.15) is 0 Å². The Morgan fingerprint density at radius 2 is 1.76 bits per heavy atom. The highest BCUT2D eigenvalue weighted by atomic mass is 16.5. The zero-order valence-electron chi connectivity index (χ0n) is 12.7. The second-order valence-corrected chi connectivity index (χ2v) is 5.32. The highest BCUT2D eigenvalue weighted by Crippen LogP contribution is 2.27. The number of methoxy groups -OCH3 is 1. The van der Waals surface area contributed by atoms with Crippen molar-refractivity contribution >= 4 is 18.0 Å². The number of urea groups is 1. The van der Waals surface area contributed by atoms with E-state index in [0.717, 1.165) is 25.7 Å². The van der Waals surface area contributed by atoms with E-state index in [2.05, 4.69) is 10.1 Å². The minimum Gasteiger partial charge on any atom is -0.480 e. The van der Waals surface area contributed by atoms with Crippen molar-refractivity contribution < 1.29 is 24.2 Å². The van der Waals surface area contributed by atoms with E-state index in [0.29, 0.717) is 19.4 Å². The highest BCUT2D eigenvalue weighted by molar-refractivity contribution is 5.87. The van der Waals surface area contributed by atoms with Crippen molar-refractivity contribution in [1.82, 2.24) is 10.2 Å². The molecule has 2 amide bonds. The molecule has 0 aliphatic heterocycles. The number of likely N-dealkylation sites (N-methyl/N-ethyl adjacent to an activating group) is 1. The molecule has 0 aromatic carbocycles. The quantitative estimate of drug-likeness (QED) is 0.590. The molecule has 7 heteroatoms. The Morgan fingerprint density at radius 3 is 2.19 bits per heavy atom. The molecule has 0 aromatic rings. The van der Waals surface area contributed by atoms with Gasteiger partial charge in [-0.05, 0) is 19.8 Å². The third-order valence-corrected chi connectivity index (χ3v) is 3.93. The fourth-order valence-corrected chi connectivity index (χ4v) is 2.56. The van der Waals surface area contributed by atoms with Crippen LogP contribution in [0.1, 0.15) is 45.4 Å². The molecule has 7 nitrogen and oxygen atoms in total. The first kappa shape index (κ1) is 17.3. The van der Waals surface area contributed by atoms with Gasteiger partial charge in [0.1, 0.15) is 12.1 Å². The van der Waals surface area contributed by atoms with Crippen molar-refractivity contribution in [3.05, 3.63) is 0 Å². The lowest BCUT2D eigenvalue weighted by Crippen LogP contribution is -2.58. The maximum absolute atomic E-state index is 12.3. The number of rotatable bonds is 5. The summed E-state index contributed by atoms with van der Waals surface area (Å²) < 4.78 is 4.54. The molecule has 1 rings (SSSR count). The number of hydrogen-bond donors (Lipinski definition) is 2. The normalized spacial score (nSPS) is 17.4. The first-order valence-corrected chi connectivity index (χ1v) is 7.32. The van der Waals surface area contributed by atoms with Gasteiger partial charge in [0.25, 0.3) is 0 Å². The van der Waals surface area contributed by atoms with Crippen LogP contribution < -0.4 is 5.32 Å². The maximum Gasteiger partial charge on any atom is 0.329 e. The lowest BCUT2D eigenvalue weighted by atomic mass is 9.90. The van der Waals surface area contributed by atoms with Crippen LogP contribution in [0.5, 0.6) is 0 Å². The van der Waals surface area contributed by atoms with Crippen molar-refractivity contribution in [2.45, 2.75) is 51.0 Å². The summed E-state index contributed by atoms with van der Waals surface area (Å²) in [5.74, 6) is -1.54. The second-order valence-electron chi connectivity index (χ2n) is 5.32. The fraction of sp³-hybridized carbons (Fsp3) is 0.786. The van der Waals surface area contributed by atoms with Gasteiger partial charge in [0.05, 0.1) is 7.11 Å². The average Bonchev–Trinajstić information content (AvgIpc) is 2.70. The number of amides is 2. The monoisotopic (exact) mass is 300 g/mol. The molecule has 0 spiro atoms. The van der Waals surface area contributed by atoms with Crippen LogP contribution in [-0.4, -0.2) is 53.7 Å². The smallest absolute Gasteiger partial charge is 0.329 e. The molecule has 0 unspecified atom stereocenters. The van der Waals surface area contributed by atoms with Crippen molar-refractivity contribution in [2.24, 2.45) is 0 Å². The van der Waals surface area contributed by atoms with Gasteiger partial charge >= 0.3 is 18.0 Å². The summed E-state index contributed by atoms with van der Waals surface area (Å²) in [6, 6.07) is -0.535. The standard InChI is InChI=1S/C14H24N2O5/c1-3-16(10-11(17)21-2)13(20)15-14(12(18)19)8-6-4-5-7-9-14/h3-10H2,1-2H3,(H,15,20)(H,18,19). The molecule has 0 saturated heterocycles. The summed E-state index contributed by atoms with van der Waals surface area (Å²) >= 11 is 0. The van der Waals surface area contributed by atoms with Crippen LogP contribution in [-0.2, 0) is 14.3 Å². The Hall–Kier alpha value is -1.79. The zero-order valence-corrected chi connectivity index (χ0v) is 12.7. The summed E-state index contributed by atoms with van der Waals surface area (Å²) in [5.41, 5.74) is -1.23.